The Bertz CT molecular complexity index is 1140. The Labute approximate surface area is 200 Å². The first-order valence-corrected chi connectivity index (χ1v) is 12.3. The molecule has 0 radical (unpaired) electrons. The van der Waals surface area contributed by atoms with Gasteiger partial charge in [-0.1, -0.05) is 40.0 Å². The van der Waals surface area contributed by atoms with Crippen LogP contribution >= 0.6 is 34.8 Å². The van der Waals surface area contributed by atoms with Crippen molar-refractivity contribution in [1.82, 2.24) is 20.1 Å². The Morgan fingerprint density at radius 2 is 2.00 bits per heavy atom. The maximum absolute atomic E-state index is 6.00. The number of aromatic amines is 1. The third-order valence-electron chi connectivity index (χ3n) is 7.88. The summed E-state index contributed by atoms with van der Waals surface area (Å²) in [5, 5.41) is 8.99. The van der Waals surface area contributed by atoms with E-state index in [9.17, 15) is 0 Å². The molecule has 0 spiro atoms. The van der Waals surface area contributed by atoms with E-state index in [1.807, 2.05) is 12.3 Å². The fourth-order valence-corrected chi connectivity index (χ4v) is 7.22. The van der Waals surface area contributed by atoms with E-state index in [4.69, 9.17) is 45.1 Å². The first kappa shape index (κ1) is 21.0. The predicted octanol–water partition coefficient (Wildman–Crippen LogP) is 5.40. The van der Waals surface area contributed by atoms with Crippen LogP contribution in [-0.4, -0.2) is 32.7 Å². The number of fused-ring (bicyclic) bond motifs is 1. The summed E-state index contributed by atoms with van der Waals surface area (Å²) in [7, 11) is 0. The van der Waals surface area contributed by atoms with Gasteiger partial charge in [-0.05, 0) is 74.3 Å². The van der Waals surface area contributed by atoms with Crippen molar-refractivity contribution in [3.63, 3.8) is 0 Å². The molecule has 4 aliphatic rings. The lowest BCUT2D eigenvalue weighted by atomic mass is 9.47. The van der Waals surface area contributed by atoms with Crippen LogP contribution in [0.25, 0.3) is 22.4 Å². The van der Waals surface area contributed by atoms with E-state index in [1.165, 1.54) is 32.1 Å². The molecule has 4 N–H and O–H groups in total. The zero-order valence-electron chi connectivity index (χ0n) is 17.5. The van der Waals surface area contributed by atoms with E-state index in [0.717, 1.165) is 41.2 Å². The molecule has 3 heterocycles. The number of halogens is 3. The lowest BCUT2D eigenvalue weighted by Gasteiger charge is -2.60. The molecule has 4 saturated carbocycles. The van der Waals surface area contributed by atoms with Gasteiger partial charge < -0.3 is 20.6 Å². The van der Waals surface area contributed by atoms with Crippen LogP contribution in [0.15, 0.2) is 23.0 Å². The minimum absolute atomic E-state index is 0.0593. The Balaban J connectivity index is 1.38. The number of anilines is 1. The molecule has 4 bridgehead atoms. The van der Waals surface area contributed by atoms with Gasteiger partial charge in [0, 0.05) is 23.8 Å². The second kappa shape index (κ2) is 7.49. The van der Waals surface area contributed by atoms with E-state index in [0.29, 0.717) is 29.1 Å². The summed E-state index contributed by atoms with van der Waals surface area (Å²) in [6.45, 7) is 0.784. The maximum atomic E-state index is 6.00. The molecule has 2 unspecified atom stereocenters. The van der Waals surface area contributed by atoms with Crippen LogP contribution < -0.4 is 11.1 Å². The first-order valence-electron chi connectivity index (χ1n) is 11.2. The van der Waals surface area contributed by atoms with Crippen LogP contribution in [-0.2, 0) is 3.79 Å². The molecule has 0 aliphatic heterocycles. The predicted molar refractivity (Wildman–Crippen MR) is 126 cm³/mol. The van der Waals surface area contributed by atoms with Gasteiger partial charge >= 0.3 is 0 Å². The quantitative estimate of drug-likeness (QED) is 0.410. The van der Waals surface area contributed by atoms with E-state index in [-0.39, 0.29) is 5.89 Å². The molecule has 4 aliphatic carbocycles. The smallest absolute Gasteiger partial charge is 0.279 e. The van der Waals surface area contributed by atoms with Gasteiger partial charge in [-0.2, -0.15) is 4.98 Å². The highest BCUT2D eigenvalue weighted by Crippen LogP contribution is 2.62. The van der Waals surface area contributed by atoms with Crippen molar-refractivity contribution in [2.45, 2.75) is 48.4 Å². The molecule has 0 aromatic carbocycles. The van der Waals surface area contributed by atoms with Crippen molar-refractivity contribution in [3.8, 4) is 11.4 Å². The number of aromatic nitrogens is 4. The molecule has 7 nitrogen and oxygen atoms in total. The highest BCUT2D eigenvalue weighted by atomic mass is 35.6. The minimum Gasteiger partial charge on any atom is -0.381 e. The molecule has 0 saturated heterocycles. The van der Waals surface area contributed by atoms with Crippen molar-refractivity contribution >= 4 is 51.5 Å². The van der Waals surface area contributed by atoms with Crippen LogP contribution in [0.1, 0.15) is 44.4 Å². The Kier molecular flexibility index (Phi) is 4.92. The Morgan fingerprint density at radius 3 is 2.69 bits per heavy atom. The second-order valence-corrected chi connectivity index (χ2v) is 12.2. The van der Waals surface area contributed by atoms with E-state index in [1.54, 1.807) is 6.20 Å². The number of nitrogens with two attached hydrogens (primary N) is 1. The minimum atomic E-state index is -1.77. The number of nitrogens with one attached hydrogen (secondary N) is 2. The fourth-order valence-electron chi connectivity index (χ4n) is 6.99. The number of nitrogens with zero attached hydrogens (tertiary/aromatic N) is 3. The largest absolute Gasteiger partial charge is 0.381 e. The summed E-state index contributed by atoms with van der Waals surface area (Å²) in [5.41, 5.74) is 8.95. The monoisotopic (exact) mass is 494 g/mol. The third kappa shape index (κ3) is 3.40. The van der Waals surface area contributed by atoms with Crippen molar-refractivity contribution in [1.29, 1.82) is 0 Å². The number of rotatable bonds is 5. The second-order valence-electron chi connectivity index (χ2n) is 9.89. The standard InChI is InChI=1S/C22H25Cl3N6O/c23-22(24,25)20-30-19(31-32-20)15-10-28-18-14(1-4-27-18)17(15)29-16-12-5-11-6-13(16)9-21(7-11,8-12)2-3-26/h1,4,10-13,16H,2-3,5-9,26H2,(H2,27,28,29). The van der Waals surface area contributed by atoms with Crippen molar-refractivity contribution in [3.05, 3.63) is 24.4 Å². The average Bonchev–Trinajstić information content (AvgIpc) is 3.39. The molecule has 0 amide bonds. The van der Waals surface area contributed by atoms with Gasteiger partial charge in [-0.15, -0.1) is 0 Å². The number of hydrogen-bond donors (Lipinski definition) is 3. The lowest BCUT2D eigenvalue weighted by molar-refractivity contribution is -0.0643. The molecule has 7 rings (SSSR count). The molecule has 10 heteroatoms. The number of alkyl halides is 3. The zero-order valence-corrected chi connectivity index (χ0v) is 19.7. The summed E-state index contributed by atoms with van der Waals surface area (Å²) in [5.74, 6) is 2.42. The lowest BCUT2D eigenvalue weighted by Crippen LogP contribution is -2.56. The van der Waals surface area contributed by atoms with Crippen molar-refractivity contribution < 1.29 is 4.52 Å². The summed E-state index contributed by atoms with van der Waals surface area (Å²) >= 11 is 17.8. The highest BCUT2D eigenvalue weighted by Gasteiger charge is 2.55. The number of pyridine rings is 1. The zero-order chi connectivity index (χ0) is 22.1. The van der Waals surface area contributed by atoms with Gasteiger partial charge in [0.05, 0.1) is 11.3 Å². The van der Waals surface area contributed by atoms with Gasteiger partial charge in [0.1, 0.15) is 5.65 Å². The number of H-pyrrole nitrogens is 1. The maximum Gasteiger partial charge on any atom is 0.279 e. The number of hydrogen-bond acceptors (Lipinski definition) is 6. The van der Waals surface area contributed by atoms with E-state index >= 15 is 0 Å². The summed E-state index contributed by atoms with van der Waals surface area (Å²) in [4.78, 5) is 12.1. The fraction of sp³-hybridized carbons (Fsp3) is 0.591. The molecule has 32 heavy (non-hydrogen) atoms. The molecule has 170 valence electrons. The van der Waals surface area contributed by atoms with Crippen LogP contribution in [0.4, 0.5) is 5.69 Å². The molecular formula is C22H25Cl3N6O. The Hall–Kier alpha value is -1.54. The van der Waals surface area contributed by atoms with Gasteiger partial charge in [0.15, 0.2) is 0 Å². The molecule has 2 atom stereocenters. The summed E-state index contributed by atoms with van der Waals surface area (Å²) in [6, 6.07) is 2.42. The van der Waals surface area contributed by atoms with Crippen LogP contribution in [0.5, 0.6) is 0 Å². The highest BCUT2D eigenvalue weighted by molar-refractivity contribution is 6.66. The summed E-state index contributed by atoms with van der Waals surface area (Å²) < 4.78 is 3.45. The Morgan fingerprint density at radius 1 is 1.22 bits per heavy atom. The van der Waals surface area contributed by atoms with Crippen LogP contribution in [0, 0.1) is 23.2 Å². The van der Waals surface area contributed by atoms with Gasteiger partial charge in [0.2, 0.25) is 5.82 Å². The molecule has 3 aromatic heterocycles. The van der Waals surface area contributed by atoms with Gasteiger partial charge in [0.25, 0.3) is 9.68 Å². The van der Waals surface area contributed by atoms with Gasteiger partial charge in [-0.3, -0.25) is 0 Å². The normalized spacial score (nSPS) is 31.5. The topological polar surface area (TPSA) is 106 Å². The molecular weight excluding hydrogens is 471 g/mol. The summed E-state index contributed by atoms with van der Waals surface area (Å²) in [6.07, 6.45) is 11.2. The first-order chi connectivity index (χ1) is 15.4. The SMILES string of the molecule is NCCC12CC3CC(C1)C(Nc1c(-c4noc(C(Cl)(Cl)Cl)n4)cnc4[nH]ccc14)C(C3)C2. The van der Waals surface area contributed by atoms with Crippen molar-refractivity contribution in [2.75, 3.05) is 11.9 Å². The average molecular weight is 496 g/mol. The van der Waals surface area contributed by atoms with Crippen molar-refractivity contribution in [2.24, 2.45) is 28.9 Å². The van der Waals surface area contributed by atoms with Crippen LogP contribution in [0.2, 0.25) is 0 Å². The van der Waals surface area contributed by atoms with E-state index < -0.39 is 3.79 Å². The van der Waals surface area contributed by atoms with Gasteiger partial charge in [-0.25, -0.2) is 4.98 Å². The van der Waals surface area contributed by atoms with E-state index in [2.05, 4.69) is 25.4 Å². The third-order valence-corrected chi connectivity index (χ3v) is 8.37. The molecule has 4 fully saturated rings. The molecule has 3 aromatic rings. The van der Waals surface area contributed by atoms with Crippen LogP contribution in [0.3, 0.4) is 0 Å².